The minimum absolute atomic E-state index is 0.135. The van der Waals surface area contributed by atoms with Crippen molar-refractivity contribution in [3.05, 3.63) is 34.2 Å². The van der Waals surface area contributed by atoms with Gasteiger partial charge in [0, 0.05) is 13.1 Å². The molecule has 0 aliphatic heterocycles. The van der Waals surface area contributed by atoms with Gasteiger partial charge in [-0.2, -0.15) is 0 Å². The van der Waals surface area contributed by atoms with Gasteiger partial charge in [0.05, 0.1) is 0 Å². The molecule has 1 aromatic heterocycles. The predicted molar refractivity (Wildman–Crippen MR) is 70.1 cm³/mol. The van der Waals surface area contributed by atoms with Crippen molar-refractivity contribution in [1.29, 1.82) is 0 Å². The van der Waals surface area contributed by atoms with Crippen LogP contribution in [0.2, 0.25) is 0 Å². The second-order valence-corrected chi connectivity index (χ2v) is 4.65. The molecular formula is C13H18N2O4. The number of pyridine rings is 1. The third-order valence-electron chi connectivity index (χ3n) is 3.03. The standard InChI is InChI=1S/C13H18N2O4/c1-4-8-13(2,12(18)19)14-11(17)9-6-5-7-10(16)15(9)3/h5-7H,4,8H2,1-3H3,(H,14,17)(H,18,19). The molecule has 1 amide bonds. The highest BCUT2D eigenvalue weighted by Crippen LogP contribution is 2.13. The number of carbonyl (C=O) groups is 2. The van der Waals surface area contributed by atoms with E-state index in [1.807, 2.05) is 6.92 Å². The lowest BCUT2D eigenvalue weighted by Crippen LogP contribution is -2.52. The molecule has 0 aliphatic rings. The van der Waals surface area contributed by atoms with E-state index in [2.05, 4.69) is 5.32 Å². The predicted octanol–water partition coefficient (Wildman–Crippen LogP) is 0.758. The average molecular weight is 266 g/mol. The Hall–Kier alpha value is -2.11. The minimum atomic E-state index is -1.34. The van der Waals surface area contributed by atoms with Gasteiger partial charge < -0.3 is 15.0 Å². The van der Waals surface area contributed by atoms with Crippen LogP contribution in [0.1, 0.15) is 37.2 Å². The Bertz CT molecular complexity index is 550. The first-order valence-electron chi connectivity index (χ1n) is 6.04. The van der Waals surface area contributed by atoms with Crippen LogP contribution < -0.4 is 10.9 Å². The maximum atomic E-state index is 12.1. The number of aliphatic carboxylic acids is 1. The Morgan fingerprint density at radius 2 is 2.05 bits per heavy atom. The van der Waals surface area contributed by atoms with Gasteiger partial charge in [0.2, 0.25) is 0 Å². The van der Waals surface area contributed by atoms with Crippen molar-refractivity contribution in [1.82, 2.24) is 9.88 Å². The largest absolute Gasteiger partial charge is 0.480 e. The fraction of sp³-hybridized carbons (Fsp3) is 0.462. The smallest absolute Gasteiger partial charge is 0.329 e. The summed E-state index contributed by atoms with van der Waals surface area (Å²) in [6.45, 7) is 3.30. The van der Waals surface area contributed by atoms with Gasteiger partial charge in [-0.05, 0) is 19.4 Å². The summed E-state index contributed by atoms with van der Waals surface area (Å²) < 4.78 is 1.18. The van der Waals surface area contributed by atoms with Crippen LogP contribution in [0.4, 0.5) is 0 Å². The van der Waals surface area contributed by atoms with E-state index in [1.165, 1.54) is 36.7 Å². The zero-order chi connectivity index (χ0) is 14.6. The molecule has 104 valence electrons. The number of carbonyl (C=O) groups excluding carboxylic acids is 1. The molecule has 19 heavy (non-hydrogen) atoms. The van der Waals surface area contributed by atoms with Gasteiger partial charge in [0.1, 0.15) is 11.2 Å². The first-order chi connectivity index (χ1) is 8.81. The summed E-state index contributed by atoms with van der Waals surface area (Å²) in [6.07, 6.45) is 0.936. The topological polar surface area (TPSA) is 88.4 Å². The minimum Gasteiger partial charge on any atom is -0.480 e. The first-order valence-corrected chi connectivity index (χ1v) is 6.04. The van der Waals surface area contributed by atoms with Crippen molar-refractivity contribution in [2.45, 2.75) is 32.2 Å². The first kappa shape index (κ1) is 14.9. The second kappa shape index (κ2) is 5.69. The Morgan fingerprint density at radius 1 is 1.42 bits per heavy atom. The lowest BCUT2D eigenvalue weighted by molar-refractivity contribution is -0.144. The van der Waals surface area contributed by atoms with Crippen molar-refractivity contribution in [3.8, 4) is 0 Å². The molecule has 0 aliphatic carbocycles. The molecule has 0 saturated heterocycles. The van der Waals surface area contributed by atoms with Gasteiger partial charge in [0.15, 0.2) is 0 Å². The SMILES string of the molecule is CCCC(C)(NC(=O)c1cccc(=O)n1C)C(=O)O. The number of carboxylic acids is 1. The third kappa shape index (κ3) is 3.21. The van der Waals surface area contributed by atoms with Gasteiger partial charge in [-0.3, -0.25) is 9.59 Å². The Morgan fingerprint density at radius 3 is 2.58 bits per heavy atom. The molecule has 1 aromatic rings. The zero-order valence-corrected chi connectivity index (χ0v) is 11.3. The van der Waals surface area contributed by atoms with E-state index >= 15 is 0 Å². The number of hydrogen-bond acceptors (Lipinski definition) is 3. The Balaban J connectivity index is 3.04. The number of aromatic nitrogens is 1. The highest BCUT2D eigenvalue weighted by Gasteiger charge is 2.34. The summed E-state index contributed by atoms with van der Waals surface area (Å²) in [5.74, 6) is -1.66. The van der Waals surface area contributed by atoms with Crippen LogP contribution in [-0.4, -0.2) is 27.1 Å². The van der Waals surface area contributed by atoms with E-state index in [1.54, 1.807) is 0 Å². The molecule has 1 heterocycles. The van der Waals surface area contributed by atoms with E-state index in [4.69, 9.17) is 0 Å². The summed E-state index contributed by atoms with van der Waals surface area (Å²) in [4.78, 5) is 34.8. The third-order valence-corrected chi connectivity index (χ3v) is 3.03. The summed E-state index contributed by atoms with van der Waals surface area (Å²) in [5, 5.41) is 11.7. The number of carboxylic acid groups (broad SMARTS) is 1. The maximum absolute atomic E-state index is 12.1. The molecule has 2 N–H and O–H groups in total. The molecule has 1 atom stereocenters. The highest BCUT2D eigenvalue weighted by atomic mass is 16.4. The lowest BCUT2D eigenvalue weighted by Gasteiger charge is -2.26. The van der Waals surface area contributed by atoms with E-state index in [0.29, 0.717) is 12.8 Å². The average Bonchev–Trinajstić information content (AvgIpc) is 2.32. The Kier molecular flexibility index (Phi) is 4.47. The molecule has 1 rings (SSSR count). The van der Waals surface area contributed by atoms with Crippen molar-refractivity contribution in [2.24, 2.45) is 7.05 Å². The quantitative estimate of drug-likeness (QED) is 0.823. The van der Waals surface area contributed by atoms with Crippen LogP contribution in [0.3, 0.4) is 0 Å². The summed E-state index contributed by atoms with van der Waals surface area (Å²) in [6, 6.07) is 4.28. The molecule has 0 spiro atoms. The van der Waals surface area contributed by atoms with E-state index in [-0.39, 0.29) is 11.3 Å². The van der Waals surface area contributed by atoms with Crippen LogP contribution in [0.25, 0.3) is 0 Å². The van der Waals surface area contributed by atoms with E-state index in [0.717, 1.165) is 0 Å². The highest BCUT2D eigenvalue weighted by molar-refractivity contribution is 5.96. The molecule has 1 unspecified atom stereocenters. The number of hydrogen-bond donors (Lipinski definition) is 2. The molecule has 6 nitrogen and oxygen atoms in total. The van der Waals surface area contributed by atoms with Crippen molar-refractivity contribution >= 4 is 11.9 Å². The van der Waals surface area contributed by atoms with Crippen LogP contribution in [0.15, 0.2) is 23.0 Å². The van der Waals surface area contributed by atoms with Gasteiger partial charge in [-0.15, -0.1) is 0 Å². The number of amides is 1. The summed E-state index contributed by atoms with van der Waals surface area (Å²) in [5.41, 5.74) is -1.52. The van der Waals surface area contributed by atoms with Gasteiger partial charge >= 0.3 is 5.97 Å². The van der Waals surface area contributed by atoms with Gasteiger partial charge in [0.25, 0.3) is 11.5 Å². The molecule has 0 fully saturated rings. The van der Waals surface area contributed by atoms with Crippen LogP contribution in [0, 0.1) is 0 Å². The monoisotopic (exact) mass is 266 g/mol. The van der Waals surface area contributed by atoms with Crippen molar-refractivity contribution in [2.75, 3.05) is 0 Å². The molecule has 0 bridgehead atoms. The molecule has 0 saturated carbocycles. The van der Waals surface area contributed by atoms with Gasteiger partial charge in [-0.1, -0.05) is 19.4 Å². The molecule has 0 aromatic carbocycles. The zero-order valence-electron chi connectivity index (χ0n) is 11.3. The van der Waals surface area contributed by atoms with Crippen LogP contribution >= 0.6 is 0 Å². The van der Waals surface area contributed by atoms with E-state index < -0.39 is 17.4 Å². The van der Waals surface area contributed by atoms with Crippen molar-refractivity contribution < 1.29 is 14.7 Å². The molecule has 6 heteroatoms. The number of nitrogens with zero attached hydrogens (tertiary/aromatic N) is 1. The fourth-order valence-electron chi connectivity index (χ4n) is 1.83. The second-order valence-electron chi connectivity index (χ2n) is 4.65. The Labute approximate surface area is 111 Å². The maximum Gasteiger partial charge on any atom is 0.329 e. The fourth-order valence-corrected chi connectivity index (χ4v) is 1.83. The lowest BCUT2D eigenvalue weighted by atomic mass is 9.96. The normalized spacial score (nSPS) is 13.6. The number of nitrogens with one attached hydrogen (secondary N) is 1. The van der Waals surface area contributed by atoms with Crippen LogP contribution in [-0.2, 0) is 11.8 Å². The molecular weight excluding hydrogens is 248 g/mol. The number of rotatable bonds is 5. The van der Waals surface area contributed by atoms with Crippen LogP contribution in [0.5, 0.6) is 0 Å². The van der Waals surface area contributed by atoms with Crippen molar-refractivity contribution in [3.63, 3.8) is 0 Å². The summed E-state index contributed by atoms with van der Waals surface area (Å²) in [7, 11) is 1.47. The van der Waals surface area contributed by atoms with Gasteiger partial charge in [-0.25, -0.2) is 4.79 Å². The molecule has 0 radical (unpaired) electrons. The summed E-state index contributed by atoms with van der Waals surface area (Å²) >= 11 is 0. The van der Waals surface area contributed by atoms with E-state index in [9.17, 15) is 19.5 Å².